The van der Waals surface area contributed by atoms with Crippen molar-refractivity contribution in [3.8, 4) is 0 Å². The lowest BCUT2D eigenvalue weighted by Gasteiger charge is -2.10. The average molecular weight is 258 g/mol. The molecule has 0 saturated carbocycles. The van der Waals surface area contributed by atoms with Crippen molar-refractivity contribution in [3.05, 3.63) is 24.5 Å². The molecule has 1 amide bonds. The average Bonchev–Trinajstić information content (AvgIpc) is 2.94. The van der Waals surface area contributed by atoms with Crippen LogP contribution in [0.2, 0.25) is 0 Å². The first-order valence-electron chi connectivity index (χ1n) is 6.13. The van der Waals surface area contributed by atoms with Crippen LogP contribution in [0.4, 0.5) is 11.5 Å². The first-order chi connectivity index (χ1) is 9.24. The van der Waals surface area contributed by atoms with Crippen LogP contribution in [0.25, 0.3) is 10.9 Å². The van der Waals surface area contributed by atoms with Crippen molar-refractivity contribution in [1.82, 2.24) is 9.97 Å². The third-order valence-corrected chi connectivity index (χ3v) is 3.23. The van der Waals surface area contributed by atoms with Gasteiger partial charge < -0.3 is 15.8 Å². The van der Waals surface area contributed by atoms with Crippen molar-refractivity contribution >= 4 is 28.3 Å². The fraction of sp³-hybridized carbons (Fsp3) is 0.308. The van der Waals surface area contributed by atoms with E-state index < -0.39 is 0 Å². The first kappa shape index (κ1) is 11.9. The van der Waals surface area contributed by atoms with Gasteiger partial charge >= 0.3 is 0 Å². The van der Waals surface area contributed by atoms with Crippen LogP contribution in [0, 0.1) is 5.92 Å². The number of nitrogens with two attached hydrogens (primary N) is 1. The van der Waals surface area contributed by atoms with Gasteiger partial charge in [-0.15, -0.1) is 0 Å². The second kappa shape index (κ2) is 4.81. The lowest BCUT2D eigenvalue weighted by molar-refractivity contribution is -0.119. The number of ether oxygens (including phenoxy) is 1. The number of aromatic nitrogens is 2. The Morgan fingerprint density at radius 2 is 2.32 bits per heavy atom. The van der Waals surface area contributed by atoms with E-state index >= 15 is 0 Å². The van der Waals surface area contributed by atoms with E-state index in [1.807, 2.05) is 12.1 Å². The molecule has 3 rings (SSSR count). The molecule has 1 aliphatic rings. The summed E-state index contributed by atoms with van der Waals surface area (Å²) in [6.45, 7) is 1.14. The summed E-state index contributed by atoms with van der Waals surface area (Å²) < 4.78 is 5.20. The maximum absolute atomic E-state index is 12.0. The standard InChI is InChI=1S/C13H14N4O2/c14-12-10-5-9(1-2-11(10)15-7-16-12)17-13(18)8-3-4-19-6-8/h1-2,5,7-8H,3-4,6H2,(H,17,18)(H2,14,15,16). The molecule has 2 aromatic rings. The molecule has 0 radical (unpaired) electrons. The summed E-state index contributed by atoms with van der Waals surface area (Å²) in [7, 11) is 0. The molecule has 19 heavy (non-hydrogen) atoms. The van der Waals surface area contributed by atoms with Crippen molar-refractivity contribution in [3.63, 3.8) is 0 Å². The molecule has 6 nitrogen and oxygen atoms in total. The molecule has 1 unspecified atom stereocenters. The summed E-state index contributed by atoms with van der Waals surface area (Å²) in [5.74, 6) is 0.317. The van der Waals surface area contributed by atoms with Crippen LogP contribution in [0.1, 0.15) is 6.42 Å². The van der Waals surface area contributed by atoms with Crippen molar-refractivity contribution in [2.75, 3.05) is 24.3 Å². The summed E-state index contributed by atoms with van der Waals surface area (Å²) in [4.78, 5) is 20.0. The Morgan fingerprint density at radius 1 is 1.42 bits per heavy atom. The molecule has 1 aromatic heterocycles. The predicted octanol–water partition coefficient (Wildman–Crippen LogP) is 1.19. The van der Waals surface area contributed by atoms with E-state index in [-0.39, 0.29) is 11.8 Å². The Kier molecular flexibility index (Phi) is 3.00. The molecule has 2 heterocycles. The minimum Gasteiger partial charge on any atom is -0.383 e. The maximum atomic E-state index is 12.0. The van der Waals surface area contributed by atoms with E-state index in [0.717, 1.165) is 17.3 Å². The molecular formula is C13H14N4O2. The normalized spacial score (nSPS) is 18.6. The number of hydrogen-bond donors (Lipinski definition) is 2. The van der Waals surface area contributed by atoms with E-state index in [0.29, 0.717) is 24.7 Å². The van der Waals surface area contributed by atoms with Crippen LogP contribution < -0.4 is 11.1 Å². The van der Waals surface area contributed by atoms with Gasteiger partial charge in [0.05, 0.1) is 18.0 Å². The predicted molar refractivity (Wildman–Crippen MR) is 71.5 cm³/mol. The molecule has 0 aliphatic carbocycles. The van der Waals surface area contributed by atoms with Crippen LogP contribution in [-0.2, 0) is 9.53 Å². The number of rotatable bonds is 2. The van der Waals surface area contributed by atoms with Crippen molar-refractivity contribution < 1.29 is 9.53 Å². The molecule has 1 fully saturated rings. The number of fused-ring (bicyclic) bond motifs is 1. The molecule has 0 spiro atoms. The van der Waals surface area contributed by atoms with Gasteiger partial charge in [0.25, 0.3) is 0 Å². The quantitative estimate of drug-likeness (QED) is 0.844. The Hall–Kier alpha value is -2.21. The Labute approximate surface area is 110 Å². The fourth-order valence-electron chi connectivity index (χ4n) is 2.14. The number of amides is 1. The van der Waals surface area contributed by atoms with E-state index in [1.165, 1.54) is 6.33 Å². The summed E-state index contributed by atoms with van der Waals surface area (Å²) in [5, 5.41) is 3.61. The molecule has 1 atom stereocenters. The molecule has 98 valence electrons. The van der Waals surface area contributed by atoms with E-state index in [2.05, 4.69) is 15.3 Å². The highest BCUT2D eigenvalue weighted by atomic mass is 16.5. The monoisotopic (exact) mass is 258 g/mol. The second-order valence-electron chi connectivity index (χ2n) is 4.54. The number of nitrogen functional groups attached to an aromatic ring is 1. The number of carbonyl (C=O) groups is 1. The molecular weight excluding hydrogens is 244 g/mol. The summed E-state index contributed by atoms with van der Waals surface area (Å²) in [6, 6.07) is 5.41. The zero-order chi connectivity index (χ0) is 13.2. The second-order valence-corrected chi connectivity index (χ2v) is 4.54. The third-order valence-electron chi connectivity index (χ3n) is 3.23. The highest BCUT2D eigenvalue weighted by Gasteiger charge is 2.23. The van der Waals surface area contributed by atoms with Gasteiger partial charge in [0.2, 0.25) is 5.91 Å². The van der Waals surface area contributed by atoms with Gasteiger partial charge in [0.1, 0.15) is 12.1 Å². The highest BCUT2D eigenvalue weighted by molar-refractivity contribution is 5.97. The van der Waals surface area contributed by atoms with Crippen molar-refractivity contribution in [2.45, 2.75) is 6.42 Å². The van der Waals surface area contributed by atoms with E-state index in [9.17, 15) is 4.79 Å². The summed E-state index contributed by atoms with van der Waals surface area (Å²) in [6.07, 6.45) is 2.19. The largest absolute Gasteiger partial charge is 0.383 e. The fourth-order valence-corrected chi connectivity index (χ4v) is 2.14. The molecule has 1 aromatic carbocycles. The first-order valence-corrected chi connectivity index (χ1v) is 6.13. The minimum absolute atomic E-state index is 0.0210. The van der Waals surface area contributed by atoms with Crippen LogP contribution in [0.5, 0.6) is 0 Å². The number of nitrogens with one attached hydrogen (secondary N) is 1. The van der Waals surface area contributed by atoms with Gasteiger partial charge in [-0.25, -0.2) is 9.97 Å². The van der Waals surface area contributed by atoms with Gasteiger partial charge in [-0.3, -0.25) is 4.79 Å². The van der Waals surface area contributed by atoms with Crippen molar-refractivity contribution in [2.24, 2.45) is 5.92 Å². The molecule has 1 saturated heterocycles. The number of carbonyl (C=O) groups excluding carboxylic acids is 1. The summed E-state index contributed by atoms with van der Waals surface area (Å²) >= 11 is 0. The number of benzene rings is 1. The number of nitrogens with zero attached hydrogens (tertiary/aromatic N) is 2. The molecule has 6 heteroatoms. The zero-order valence-corrected chi connectivity index (χ0v) is 10.3. The number of hydrogen-bond acceptors (Lipinski definition) is 5. The lowest BCUT2D eigenvalue weighted by atomic mass is 10.1. The topological polar surface area (TPSA) is 90.1 Å². The molecule has 1 aliphatic heterocycles. The van der Waals surface area contributed by atoms with Gasteiger partial charge in [-0.05, 0) is 24.6 Å². The maximum Gasteiger partial charge on any atom is 0.229 e. The number of anilines is 2. The highest BCUT2D eigenvalue weighted by Crippen LogP contribution is 2.22. The van der Waals surface area contributed by atoms with Crippen LogP contribution in [0.15, 0.2) is 24.5 Å². The van der Waals surface area contributed by atoms with Gasteiger partial charge in [0, 0.05) is 17.7 Å². The van der Waals surface area contributed by atoms with Crippen LogP contribution in [0.3, 0.4) is 0 Å². The Balaban J connectivity index is 1.85. The van der Waals surface area contributed by atoms with Gasteiger partial charge in [-0.2, -0.15) is 0 Å². The van der Waals surface area contributed by atoms with Crippen molar-refractivity contribution in [1.29, 1.82) is 0 Å². The molecule has 0 bridgehead atoms. The Bertz CT molecular complexity index is 623. The van der Waals surface area contributed by atoms with Gasteiger partial charge in [-0.1, -0.05) is 0 Å². The zero-order valence-electron chi connectivity index (χ0n) is 10.3. The van der Waals surface area contributed by atoms with E-state index in [4.69, 9.17) is 10.5 Å². The smallest absolute Gasteiger partial charge is 0.229 e. The SMILES string of the molecule is Nc1ncnc2ccc(NC(=O)C3CCOC3)cc12. The van der Waals surface area contributed by atoms with Gasteiger partial charge in [0.15, 0.2) is 0 Å². The molecule has 3 N–H and O–H groups in total. The summed E-state index contributed by atoms with van der Waals surface area (Å²) in [5.41, 5.74) is 7.25. The van der Waals surface area contributed by atoms with Crippen LogP contribution in [-0.4, -0.2) is 29.1 Å². The van der Waals surface area contributed by atoms with Crippen LogP contribution >= 0.6 is 0 Å². The third kappa shape index (κ3) is 2.34. The van der Waals surface area contributed by atoms with E-state index in [1.54, 1.807) is 6.07 Å². The minimum atomic E-state index is -0.0694. The Morgan fingerprint density at radius 3 is 3.11 bits per heavy atom. The lowest BCUT2D eigenvalue weighted by Crippen LogP contribution is -2.22.